The Hall–Kier alpha value is -2.90. The first-order valence-corrected chi connectivity index (χ1v) is 8.97. The number of nitrogens with zero attached hydrogens (tertiary/aromatic N) is 3. The predicted molar refractivity (Wildman–Crippen MR) is 100 cm³/mol. The number of hydrogen-bond acceptors (Lipinski definition) is 5. The van der Waals surface area contributed by atoms with E-state index in [1.807, 2.05) is 45.0 Å². The van der Waals surface area contributed by atoms with Crippen LogP contribution in [0.4, 0.5) is 0 Å². The summed E-state index contributed by atoms with van der Waals surface area (Å²) in [6.07, 6.45) is 0.709. The first-order chi connectivity index (χ1) is 12.7. The molecule has 0 saturated heterocycles. The summed E-state index contributed by atoms with van der Waals surface area (Å²) in [7, 11) is 0. The van der Waals surface area contributed by atoms with Crippen molar-refractivity contribution in [3.8, 4) is 11.4 Å². The summed E-state index contributed by atoms with van der Waals surface area (Å²) in [5.74, 6) is -1.08. The van der Waals surface area contributed by atoms with Gasteiger partial charge in [0.25, 0.3) is 5.91 Å². The van der Waals surface area contributed by atoms with Crippen molar-refractivity contribution in [3.63, 3.8) is 0 Å². The van der Waals surface area contributed by atoms with Gasteiger partial charge >= 0.3 is 5.97 Å². The second-order valence-corrected chi connectivity index (χ2v) is 6.77. The number of carboxylic acids is 1. The van der Waals surface area contributed by atoms with Gasteiger partial charge in [-0.15, -0.1) is 5.10 Å². The van der Waals surface area contributed by atoms with Gasteiger partial charge in [-0.2, -0.15) is 0 Å². The Bertz CT molecular complexity index is 799. The number of carbonyl (C=O) groups is 2. The molecule has 2 aromatic rings. The fourth-order valence-corrected chi connectivity index (χ4v) is 2.61. The smallest absolute Gasteiger partial charge is 0.326 e. The summed E-state index contributed by atoms with van der Waals surface area (Å²) in [6.45, 7) is 9.27. The van der Waals surface area contributed by atoms with E-state index in [2.05, 4.69) is 15.6 Å². The first-order valence-electron chi connectivity index (χ1n) is 8.97. The maximum Gasteiger partial charge on any atom is 0.326 e. The average molecular weight is 374 g/mol. The minimum atomic E-state index is -1.07. The van der Waals surface area contributed by atoms with Crippen LogP contribution in [0.15, 0.2) is 24.3 Å². The van der Waals surface area contributed by atoms with E-state index in [4.69, 9.17) is 4.74 Å². The van der Waals surface area contributed by atoms with Crippen LogP contribution < -0.4 is 10.1 Å². The van der Waals surface area contributed by atoms with Crippen LogP contribution in [0.3, 0.4) is 0 Å². The van der Waals surface area contributed by atoms with E-state index in [9.17, 15) is 14.7 Å². The number of aromatic nitrogens is 3. The lowest BCUT2D eigenvalue weighted by Crippen LogP contribution is -2.45. The second kappa shape index (κ2) is 8.66. The van der Waals surface area contributed by atoms with Crippen LogP contribution in [0.2, 0.25) is 0 Å². The molecule has 1 amide bonds. The van der Waals surface area contributed by atoms with E-state index in [0.717, 1.165) is 11.4 Å². The number of ether oxygens (including phenoxy) is 1. The SMILES string of the molecule is CCC(C)C(NC(=O)c1nnn(-c2ccc(OC(C)C)cc2)c1C)C(=O)O. The van der Waals surface area contributed by atoms with Crippen molar-refractivity contribution in [1.29, 1.82) is 0 Å². The third kappa shape index (κ3) is 4.84. The molecule has 0 aliphatic heterocycles. The van der Waals surface area contributed by atoms with Crippen molar-refractivity contribution in [1.82, 2.24) is 20.3 Å². The van der Waals surface area contributed by atoms with Crippen molar-refractivity contribution >= 4 is 11.9 Å². The number of aliphatic carboxylic acids is 1. The maximum absolute atomic E-state index is 12.5. The molecule has 1 heterocycles. The van der Waals surface area contributed by atoms with Gasteiger partial charge in [0, 0.05) is 0 Å². The molecule has 2 rings (SSSR count). The summed E-state index contributed by atoms with van der Waals surface area (Å²) >= 11 is 0. The summed E-state index contributed by atoms with van der Waals surface area (Å²) in [4.78, 5) is 23.9. The van der Waals surface area contributed by atoms with Crippen LogP contribution in [0.1, 0.15) is 50.3 Å². The largest absolute Gasteiger partial charge is 0.491 e. The number of nitrogens with one attached hydrogen (secondary N) is 1. The maximum atomic E-state index is 12.5. The molecule has 1 aromatic carbocycles. The number of carboxylic acid groups (broad SMARTS) is 1. The molecule has 0 spiro atoms. The molecule has 0 radical (unpaired) electrons. The van der Waals surface area contributed by atoms with Gasteiger partial charge in [0.1, 0.15) is 11.8 Å². The third-order valence-electron chi connectivity index (χ3n) is 4.33. The van der Waals surface area contributed by atoms with E-state index < -0.39 is 17.9 Å². The molecule has 2 N–H and O–H groups in total. The van der Waals surface area contributed by atoms with Crippen molar-refractivity contribution in [2.24, 2.45) is 5.92 Å². The standard InChI is InChI=1S/C19H26N4O4/c1-6-12(4)16(19(25)26)20-18(24)17-13(5)23(22-21-17)14-7-9-15(10-8-14)27-11(2)3/h7-12,16H,6H2,1-5H3,(H,20,24)(H,25,26). The molecule has 0 saturated carbocycles. The third-order valence-corrected chi connectivity index (χ3v) is 4.33. The molecular formula is C19H26N4O4. The fourth-order valence-electron chi connectivity index (χ4n) is 2.61. The Morgan fingerprint density at radius 2 is 1.85 bits per heavy atom. The predicted octanol–water partition coefficient (Wildman–Crippen LogP) is 2.59. The Morgan fingerprint density at radius 3 is 2.37 bits per heavy atom. The molecule has 8 nitrogen and oxygen atoms in total. The number of amides is 1. The highest BCUT2D eigenvalue weighted by Crippen LogP contribution is 2.18. The molecule has 0 fully saturated rings. The van der Waals surface area contributed by atoms with Crippen molar-refractivity contribution in [2.45, 2.75) is 53.2 Å². The van der Waals surface area contributed by atoms with Gasteiger partial charge in [0.15, 0.2) is 5.69 Å². The zero-order chi connectivity index (χ0) is 20.1. The van der Waals surface area contributed by atoms with Crippen molar-refractivity contribution < 1.29 is 19.4 Å². The lowest BCUT2D eigenvalue weighted by molar-refractivity contribution is -0.140. The molecular weight excluding hydrogens is 348 g/mol. The van der Waals surface area contributed by atoms with Gasteiger partial charge in [-0.05, 0) is 51.0 Å². The quantitative estimate of drug-likeness (QED) is 0.736. The van der Waals surface area contributed by atoms with Gasteiger partial charge in [-0.25, -0.2) is 9.48 Å². The van der Waals surface area contributed by atoms with Crippen LogP contribution >= 0.6 is 0 Å². The van der Waals surface area contributed by atoms with Crippen LogP contribution in [0.5, 0.6) is 5.75 Å². The van der Waals surface area contributed by atoms with E-state index in [1.165, 1.54) is 4.68 Å². The summed E-state index contributed by atoms with van der Waals surface area (Å²) in [5.41, 5.74) is 1.36. The van der Waals surface area contributed by atoms with Gasteiger partial charge in [-0.1, -0.05) is 25.5 Å². The highest BCUT2D eigenvalue weighted by molar-refractivity contribution is 5.95. The van der Waals surface area contributed by atoms with Gasteiger partial charge in [-0.3, -0.25) is 4.79 Å². The van der Waals surface area contributed by atoms with E-state index in [-0.39, 0.29) is 17.7 Å². The molecule has 8 heteroatoms. The molecule has 146 valence electrons. The number of carbonyl (C=O) groups excluding carboxylic acids is 1. The Kier molecular flexibility index (Phi) is 6.55. The second-order valence-electron chi connectivity index (χ2n) is 6.77. The number of hydrogen-bond donors (Lipinski definition) is 2. The molecule has 0 aliphatic carbocycles. The van der Waals surface area contributed by atoms with Crippen LogP contribution in [-0.4, -0.2) is 44.1 Å². The lowest BCUT2D eigenvalue weighted by atomic mass is 9.99. The van der Waals surface area contributed by atoms with Gasteiger partial charge in [0.2, 0.25) is 0 Å². The van der Waals surface area contributed by atoms with Crippen molar-refractivity contribution in [3.05, 3.63) is 35.7 Å². The van der Waals surface area contributed by atoms with E-state index >= 15 is 0 Å². The molecule has 27 heavy (non-hydrogen) atoms. The Balaban J connectivity index is 2.21. The first kappa shape index (κ1) is 20.4. The minimum absolute atomic E-state index is 0.0759. The van der Waals surface area contributed by atoms with Gasteiger partial charge < -0.3 is 15.2 Å². The zero-order valence-electron chi connectivity index (χ0n) is 16.3. The molecule has 2 unspecified atom stereocenters. The molecule has 2 atom stereocenters. The fraction of sp³-hybridized carbons (Fsp3) is 0.474. The highest BCUT2D eigenvalue weighted by Gasteiger charge is 2.28. The average Bonchev–Trinajstić information content (AvgIpc) is 3.00. The van der Waals surface area contributed by atoms with Crippen LogP contribution in [0.25, 0.3) is 5.69 Å². The highest BCUT2D eigenvalue weighted by atomic mass is 16.5. The zero-order valence-corrected chi connectivity index (χ0v) is 16.3. The minimum Gasteiger partial charge on any atom is -0.491 e. The van der Waals surface area contributed by atoms with E-state index in [0.29, 0.717) is 12.1 Å². The Morgan fingerprint density at radius 1 is 1.22 bits per heavy atom. The lowest BCUT2D eigenvalue weighted by Gasteiger charge is -2.19. The molecule has 0 bridgehead atoms. The number of benzene rings is 1. The monoisotopic (exact) mass is 374 g/mol. The normalized spacial score (nSPS) is 13.3. The number of rotatable bonds is 8. The van der Waals surface area contributed by atoms with Gasteiger partial charge in [0.05, 0.1) is 17.5 Å². The van der Waals surface area contributed by atoms with E-state index in [1.54, 1.807) is 13.8 Å². The van der Waals surface area contributed by atoms with Crippen LogP contribution in [-0.2, 0) is 4.79 Å². The Labute approximate surface area is 158 Å². The summed E-state index contributed by atoms with van der Waals surface area (Å²) < 4.78 is 7.15. The summed E-state index contributed by atoms with van der Waals surface area (Å²) in [6, 6.07) is 6.30. The topological polar surface area (TPSA) is 106 Å². The van der Waals surface area contributed by atoms with Crippen molar-refractivity contribution in [2.75, 3.05) is 0 Å². The summed E-state index contributed by atoms with van der Waals surface area (Å²) in [5, 5.41) is 19.9. The van der Waals surface area contributed by atoms with Crippen LogP contribution in [0, 0.1) is 12.8 Å². The molecule has 0 aliphatic rings. The molecule has 1 aromatic heterocycles.